The second-order valence-corrected chi connectivity index (χ2v) is 8.81. The van der Waals surface area contributed by atoms with E-state index < -0.39 is 0 Å². The van der Waals surface area contributed by atoms with Crippen molar-refractivity contribution in [2.24, 2.45) is 5.73 Å². The molecule has 1 fully saturated rings. The van der Waals surface area contributed by atoms with Crippen LogP contribution >= 0.6 is 11.3 Å². The normalized spacial score (nSPS) is 17.0. The number of thiophene rings is 1. The summed E-state index contributed by atoms with van der Waals surface area (Å²) >= 11 is 1.30. The molecule has 0 aromatic carbocycles. The minimum Gasteiger partial charge on any atom is -0.458 e. The SMILES string of the molecule is Cc1cccc(-c2nccc(Nc3ccnc(Nc4csc(C(=O)OC5CC(N)C5)c4)n3)n2)n1. The summed E-state index contributed by atoms with van der Waals surface area (Å²) in [6, 6.07) is 11.0. The molecule has 4 N–H and O–H groups in total. The summed E-state index contributed by atoms with van der Waals surface area (Å²) in [5.41, 5.74) is 8.04. The number of anilines is 4. The van der Waals surface area contributed by atoms with Crippen LogP contribution in [0, 0.1) is 6.92 Å². The van der Waals surface area contributed by atoms with Crippen molar-refractivity contribution in [3.8, 4) is 11.5 Å². The van der Waals surface area contributed by atoms with E-state index in [1.165, 1.54) is 11.3 Å². The molecule has 1 aliphatic carbocycles. The first kappa shape index (κ1) is 21.9. The maximum atomic E-state index is 12.3. The number of aryl methyl sites for hydroxylation is 1. The largest absolute Gasteiger partial charge is 0.458 e. The maximum Gasteiger partial charge on any atom is 0.348 e. The number of rotatable bonds is 7. The molecule has 1 aliphatic rings. The van der Waals surface area contributed by atoms with Crippen LogP contribution in [0.3, 0.4) is 0 Å². The van der Waals surface area contributed by atoms with E-state index in [1.54, 1.807) is 30.6 Å². The number of hydrogen-bond donors (Lipinski definition) is 3. The van der Waals surface area contributed by atoms with E-state index >= 15 is 0 Å². The molecule has 0 radical (unpaired) electrons. The van der Waals surface area contributed by atoms with E-state index in [4.69, 9.17) is 10.5 Å². The molecule has 4 aromatic heterocycles. The van der Waals surface area contributed by atoms with Gasteiger partial charge in [-0.1, -0.05) is 6.07 Å². The Kier molecular flexibility index (Phi) is 6.11. The summed E-state index contributed by atoms with van der Waals surface area (Å²) in [7, 11) is 0. The second kappa shape index (κ2) is 9.49. The van der Waals surface area contributed by atoms with Gasteiger partial charge >= 0.3 is 5.97 Å². The van der Waals surface area contributed by atoms with Crippen LogP contribution < -0.4 is 16.4 Å². The molecule has 0 spiro atoms. The highest BCUT2D eigenvalue weighted by molar-refractivity contribution is 7.12. The Bertz CT molecular complexity index is 1320. The average molecular weight is 475 g/mol. The van der Waals surface area contributed by atoms with Crippen molar-refractivity contribution in [2.75, 3.05) is 10.6 Å². The van der Waals surface area contributed by atoms with Crippen LogP contribution in [-0.2, 0) is 4.74 Å². The summed E-state index contributed by atoms with van der Waals surface area (Å²) in [5, 5.41) is 8.10. The summed E-state index contributed by atoms with van der Waals surface area (Å²) < 4.78 is 5.45. The Balaban J connectivity index is 1.24. The lowest BCUT2D eigenvalue weighted by atomic mass is 9.90. The first-order valence-corrected chi connectivity index (χ1v) is 11.6. The van der Waals surface area contributed by atoms with Gasteiger partial charge in [0.1, 0.15) is 28.3 Å². The lowest BCUT2D eigenvalue weighted by molar-refractivity contribution is 0.00375. The number of aromatic nitrogens is 5. The fraction of sp³-hybridized carbons (Fsp3) is 0.217. The summed E-state index contributed by atoms with van der Waals surface area (Å²) in [5.74, 6) is 1.68. The van der Waals surface area contributed by atoms with E-state index in [-0.39, 0.29) is 18.1 Å². The fourth-order valence-electron chi connectivity index (χ4n) is 3.39. The van der Waals surface area contributed by atoms with Gasteiger partial charge in [-0.05, 0) is 50.1 Å². The van der Waals surface area contributed by atoms with Crippen LogP contribution in [-0.4, -0.2) is 43.0 Å². The highest BCUT2D eigenvalue weighted by Crippen LogP contribution is 2.27. The van der Waals surface area contributed by atoms with E-state index in [0.29, 0.717) is 52.5 Å². The zero-order chi connectivity index (χ0) is 23.5. The molecule has 0 bridgehead atoms. The maximum absolute atomic E-state index is 12.3. The Morgan fingerprint density at radius 3 is 2.65 bits per heavy atom. The molecule has 0 unspecified atom stereocenters. The minimum absolute atomic E-state index is 0.0869. The molecule has 0 amide bonds. The van der Waals surface area contributed by atoms with Crippen molar-refractivity contribution in [1.29, 1.82) is 0 Å². The highest BCUT2D eigenvalue weighted by Gasteiger charge is 2.30. The molecule has 34 heavy (non-hydrogen) atoms. The molecule has 10 nitrogen and oxygen atoms in total. The Morgan fingerprint density at radius 2 is 1.85 bits per heavy atom. The molecule has 1 saturated carbocycles. The number of carbonyl (C=O) groups excluding carboxylic acids is 1. The lowest BCUT2D eigenvalue weighted by Gasteiger charge is -2.31. The van der Waals surface area contributed by atoms with Gasteiger partial charge < -0.3 is 21.1 Å². The zero-order valence-corrected chi connectivity index (χ0v) is 19.1. The van der Waals surface area contributed by atoms with Crippen molar-refractivity contribution in [3.63, 3.8) is 0 Å². The van der Waals surface area contributed by atoms with E-state index in [9.17, 15) is 4.79 Å². The lowest BCUT2D eigenvalue weighted by Crippen LogP contribution is -2.42. The number of nitrogens with zero attached hydrogens (tertiary/aromatic N) is 5. The van der Waals surface area contributed by atoms with Gasteiger partial charge in [-0.25, -0.2) is 24.7 Å². The molecule has 4 aromatic rings. The number of nitrogens with one attached hydrogen (secondary N) is 2. The van der Waals surface area contributed by atoms with Crippen molar-refractivity contribution >= 4 is 40.6 Å². The fourth-order valence-corrected chi connectivity index (χ4v) is 4.11. The summed E-state index contributed by atoms with van der Waals surface area (Å²) in [6.07, 6.45) is 4.63. The summed E-state index contributed by atoms with van der Waals surface area (Å²) in [4.78, 5) is 34.8. The number of nitrogens with two attached hydrogens (primary N) is 1. The number of ether oxygens (including phenoxy) is 1. The van der Waals surface area contributed by atoms with Crippen LogP contribution in [0.5, 0.6) is 0 Å². The third kappa shape index (κ3) is 5.16. The first-order chi connectivity index (χ1) is 16.5. The summed E-state index contributed by atoms with van der Waals surface area (Å²) in [6.45, 7) is 1.92. The predicted molar refractivity (Wildman–Crippen MR) is 129 cm³/mol. The van der Waals surface area contributed by atoms with Gasteiger partial charge in [-0.3, -0.25) is 0 Å². The standard InChI is InChI=1S/C23H22N8O2S/c1-13-3-2-4-17(27-13)21-25-7-5-19(30-21)29-20-6-8-26-23(31-20)28-15-11-18(34-12-15)22(32)33-16-9-14(24)10-16/h2-8,11-12,14,16H,9-10,24H2,1H3,(H2,25,26,28,29,30,31). The van der Waals surface area contributed by atoms with Crippen LogP contribution in [0.1, 0.15) is 28.2 Å². The average Bonchev–Trinajstić information content (AvgIpc) is 3.27. The number of pyridine rings is 1. The zero-order valence-electron chi connectivity index (χ0n) is 18.3. The minimum atomic E-state index is -0.339. The third-order valence-corrected chi connectivity index (χ3v) is 6.06. The van der Waals surface area contributed by atoms with Crippen molar-refractivity contribution in [3.05, 3.63) is 64.7 Å². The number of hydrogen-bond acceptors (Lipinski definition) is 11. The van der Waals surface area contributed by atoms with Gasteiger partial charge in [0, 0.05) is 29.5 Å². The monoisotopic (exact) mass is 474 g/mol. The quantitative estimate of drug-likeness (QED) is 0.338. The van der Waals surface area contributed by atoms with Gasteiger partial charge in [-0.15, -0.1) is 11.3 Å². The van der Waals surface area contributed by atoms with E-state index in [2.05, 4.69) is 35.6 Å². The highest BCUT2D eigenvalue weighted by atomic mass is 32.1. The van der Waals surface area contributed by atoms with E-state index in [0.717, 1.165) is 5.69 Å². The van der Waals surface area contributed by atoms with Crippen molar-refractivity contribution < 1.29 is 9.53 Å². The third-order valence-electron chi connectivity index (χ3n) is 5.15. The molecule has 11 heteroatoms. The van der Waals surface area contributed by atoms with Crippen LogP contribution in [0.4, 0.5) is 23.3 Å². The Hall–Kier alpha value is -3.96. The van der Waals surface area contributed by atoms with Crippen LogP contribution in [0.15, 0.2) is 54.2 Å². The predicted octanol–water partition coefficient (Wildman–Crippen LogP) is 3.83. The van der Waals surface area contributed by atoms with Crippen molar-refractivity contribution in [2.45, 2.75) is 31.9 Å². The van der Waals surface area contributed by atoms with Gasteiger partial charge in [0.2, 0.25) is 5.95 Å². The van der Waals surface area contributed by atoms with Gasteiger partial charge in [0.25, 0.3) is 0 Å². The number of carbonyl (C=O) groups is 1. The van der Waals surface area contributed by atoms with Crippen LogP contribution in [0.25, 0.3) is 11.5 Å². The second-order valence-electron chi connectivity index (χ2n) is 7.90. The molecule has 4 heterocycles. The molecular formula is C23H22N8O2S. The first-order valence-electron chi connectivity index (χ1n) is 10.7. The molecule has 0 saturated heterocycles. The Morgan fingerprint density at radius 1 is 1.06 bits per heavy atom. The molecule has 172 valence electrons. The molecule has 5 rings (SSSR count). The van der Waals surface area contributed by atoms with Gasteiger partial charge in [0.15, 0.2) is 5.82 Å². The molecule has 0 aliphatic heterocycles. The molecule has 0 atom stereocenters. The van der Waals surface area contributed by atoms with E-state index in [1.807, 2.05) is 30.5 Å². The van der Waals surface area contributed by atoms with Crippen molar-refractivity contribution in [1.82, 2.24) is 24.9 Å². The van der Waals surface area contributed by atoms with Gasteiger partial charge in [0.05, 0.1) is 5.69 Å². The number of esters is 1. The van der Waals surface area contributed by atoms with Crippen LogP contribution in [0.2, 0.25) is 0 Å². The smallest absolute Gasteiger partial charge is 0.348 e. The molecular weight excluding hydrogens is 452 g/mol. The topological polar surface area (TPSA) is 141 Å². The Labute approximate surface area is 199 Å². The van der Waals surface area contributed by atoms with Gasteiger partial charge in [-0.2, -0.15) is 4.98 Å².